The van der Waals surface area contributed by atoms with Gasteiger partial charge < -0.3 is 9.47 Å². The smallest absolute Gasteiger partial charge is 0.438 e. The third-order valence-corrected chi connectivity index (χ3v) is 1.85. The van der Waals surface area contributed by atoms with Gasteiger partial charge in [-0.05, 0) is 6.92 Å². The highest BCUT2D eigenvalue weighted by atomic mass is 16.7. The Kier molecular flexibility index (Phi) is 3.62. The average molecular weight is 170 g/mol. The molecule has 3 heteroatoms. The van der Waals surface area contributed by atoms with Crippen LogP contribution in [0.5, 0.6) is 0 Å². The van der Waals surface area contributed by atoms with Gasteiger partial charge in [0, 0.05) is 5.92 Å². The van der Waals surface area contributed by atoms with E-state index in [4.69, 9.17) is 11.2 Å². The van der Waals surface area contributed by atoms with Crippen LogP contribution in [0.3, 0.4) is 0 Å². The summed E-state index contributed by atoms with van der Waals surface area (Å²) in [4.78, 5) is 10.8. The maximum Gasteiger partial charge on any atom is 0.509 e. The number of ether oxygens (including phenoxy) is 2. The Labute approximate surface area is 73.0 Å². The summed E-state index contributed by atoms with van der Waals surface area (Å²) in [7, 11) is 1.25. The molecule has 68 valence electrons. The lowest BCUT2D eigenvalue weighted by Crippen LogP contribution is -2.35. The lowest BCUT2D eigenvalue weighted by Gasteiger charge is -2.26. The Morgan fingerprint density at radius 1 is 1.58 bits per heavy atom. The second kappa shape index (κ2) is 4.01. The van der Waals surface area contributed by atoms with E-state index in [1.807, 2.05) is 13.8 Å². The van der Waals surface area contributed by atoms with E-state index in [0.717, 1.165) is 0 Å². The van der Waals surface area contributed by atoms with Crippen LogP contribution < -0.4 is 0 Å². The first-order chi connectivity index (χ1) is 5.46. The monoisotopic (exact) mass is 170 g/mol. The molecule has 0 aliphatic carbocycles. The molecule has 0 amide bonds. The molecule has 0 aromatic carbocycles. The number of rotatable bonds is 2. The minimum atomic E-state index is -0.882. The molecule has 3 nitrogen and oxygen atoms in total. The molecule has 0 aromatic rings. The zero-order valence-electron chi connectivity index (χ0n) is 7.88. The van der Waals surface area contributed by atoms with Gasteiger partial charge in [0.15, 0.2) is 5.60 Å². The Hall–Kier alpha value is -1.17. The number of hydrogen-bond donors (Lipinski definition) is 0. The predicted molar refractivity (Wildman–Crippen MR) is 45.6 cm³/mol. The number of hydrogen-bond acceptors (Lipinski definition) is 3. The van der Waals surface area contributed by atoms with Crippen molar-refractivity contribution < 1.29 is 14.3 Å². The molecule has 0 saturated carbocycles. The molecule has 0 rings (SSSR count). The normalized spacial score (nSPS) is 14.7. The van der Waals surface area contributed by atoms with Gasteiger partial charge in [0.1, 0.15) is 0 Å². The number of terminal acetylenes is 1. The SMILES string of the molecule is C#CC(C)(OC(=O)OC)C(C)C. The maximum absolute atomic E-state index is 10.8. The summed E-state index contributed by atoms with van der Waals surface area (Å²) in [5.74, 6) is 2.48. The van der Waals surface area contributed by atoms with Crippen molar-refractivity contribution in [2.24, 2.45) is 5.92 Å². The molecule has 0 spiro atoms. The molecule has 12 heavy (non-hydrogen) atoms. The topological polar surface area (TPSA) is 35.5 Å². The van der Waals surface area contributed by atoms with Gasteiger partial charge in [-0.1, -0.05) is 19.8 Å². The molecule has 0 radical (unpaired) electrons. The third kappa shape index (κ3) is 2.46. The molecular formula is C9H14O3. The molecule has 0 aliphatic rings. The van der Waals surface area contributed by atoms with Crippen molar-refractivity contribution in [2.75, 3.05) is 7.11 Å². The second-order valence-corrected chi connectivity index (χ2v) is 2.96. The minimum Gasteiger partial charge on any atom is -0.438 e. The van der Waals surface area contributed by atoms with Crippen molar-refractivity contribution in [3.05, 3.63) is 0 Å². The van der Waals surface area contributed by atoms with E-state index in [1.165, 1.54) is 7.11 Å². The van der Waals surface area contributed by atoms with Crippen LogP contribution in [-0.2, 0) is 9.47 Å². The fourth-order valence-corrected chi connectivity index (χ4v) is 0.529. The quantitative estimate of drug-likeness (QED) is 0.468. The fourth-order valence-electron chi connectivity index (χ4n) is 0.529. The summed E-state index contributed by atoms with van der Waals surface area (Å²) in [6, 6.07) is 0. The van der Waals surface area contributed by atoms with E-state index >= 15 is 0 Å². The summed E-state index contributed by atoms with van der Waals surface area (Å²) in [6.07, 6.45) is 4.48. The zero-order valence-corrected chi connectivity index (χ0v) is 7.88. The number of carbonyl (C=O) groups is 1. The van der Waals surface area contributed by atoms with Crippen molar-refractivity contribution in [1.82, 2.24) is 0 Å². The van der Waals surface area contributed by atoms with Gasteiger partial charge in [-0.25, -0.2) is 4.79 Å². The highest BCUT2D eigenvalue weighted by Crippen LogP contribution is 2.20. The lowest BCUT2D eigenvalue weighted by atomic mass is 9.93. The molecular weight excluding hydrogens is 156 g/mol. The van der Waals surface area contributed by atoms with Gasteiger partial charge in [-0.3, -0.25) is 0 Å². The van der Waals surface area contributed by atoms with Crippen LogP contribution in [0.1, 0.15) is 20.8 Å². The van der Waals surface area contributed by atoms with Gasteiger partial charge in [0.2, 0.25) is 0 Å². The van der Waals surface area contributed by atoms with E-state index in [1.54, 1.807) is 6.92 Å². The Morgan fingerprint density at radius 2 is 2.08 bits per heavy atom. The predicted octanol–water partition coefficient (Wildman–Crippen LogP) is 1.82. The van der Waals surface area contributed by atoms with Gasteiger partial charge in [0.05, 0.1) is 7.11 Å². The summed E-state index contributed by atoms with van der Waals surface area (Å²) < 4.78 is 9.24. The Balaban J connectivity index is 4.37. The molecule has 0 saturated heterocycles. The van der Waals surface area contributed by atoms with Crippen LogP contribution >= 0.6 is 0 Å². The van der Waals surface area contributed by atoms with Crippen molar-refractivity contribution >= 4 is 6.16 Å². The third-order valence-electron chi connectivity index (χ3n) is 1.85. The van der Waals surface area contributed by atoms with Crippen molar-refractivity contribution in [1.29, 1.82) is 0 Å². The van der Waals surface area contributed by atoms with Gasteiger partial charge in [0.25, 0.3) is 0 Å². The van der Waals surface area contributed by atoms with Gasteiger partial charge in [-0.15, -0.1) is 6.42 Å². The first kappa shape index (κ1) is 10.8. The Morgan fingerprint density at radius 3 is 2.33 bits per heavy atom. The van der Waals surface area contributed by atoms with E-state index in [0.29, 0.717) is 0 Å². The molecule has 1 unspecified atom stereocenters. The van der Waals surface area contributed by atoms with Gasteiger partial charge in [-0.2, -0.15) is 0 Å². The van der Waals surface area contributed by atoms with Crippen LogP contribution in [0.4, 0.5) is 4.79 Å². The van der Waals surface area contributed by atoms with E-state index < -0.39 is 11.8 Å². The standard InChI is InChI=1S/C9H14O3/c1-6-9(4,7(2)3)12-8(10)11-5/h1,7H,2-5H3. The van der Waals surface area contributed by atoms with Gasteiger partial charge >= 0.3 is 6.16 Å². The number of methoxy groups -OCH3 is 1. The highest BCUT2D eigenvalue weighted by Gasteiger charge is 2.30. The molecule has 1 atom stereocenters. The lowest BCUT2D eigenvalue weighted by molar-refractivity contribution is -0.00858. The molecule has 0 aromatic heterocycles. The van der Waals surface area contributed by atoms with Crippen LogP contribution in [0, 0.1) is 18.3 Å². The minimum absolute atomic E-state index is 0.0570. The molecule has 0 aliphatic heterocycles. The second-order valence-electron chi connectivity index (χ2n) is 2.96. The molecule has 0 bridgehead atoms. The average Bonchev–Trinajstić information content (AvgIpc) is 2.03. The zero-order chi connectivity index (χ0) is 9.78. The maximum atomic E-state index is 10.8. The van der Waals surface area contributed by atoms with Crippen molar-refractivity contribution in [2.45, 2.75) is 26.4 Å². The largest absolute Gasteiger partial charge is 0.509 e. The first-order valence-electron chi connectivity index (χ1n) is 3.71. The van der Waals surface area contributed by atoms with Crippen molar-refractivity contribution in [3.63, 3.8) is 0 Å². The summed E-state index contributed by atoms with van der Waals surface area (Å²) in [6.45, 7) is 5.43. The molecule has 0 N–H and O–H groups in total. The highest BCUT2D eigenvalue weighted by molar-refractivity contribution is 5.60. The summed E-state index contributed by atoms with van der Waals surface area (Å²) in [5.41, 5.74) is -0.882. The number of carbonyl (C=O) groups excluding carboxylic acids is 1. The Bertz CT molecular complexity index is 202. The molecule has 0 fully saturated rings. The first-order valence-corrected chi connectivity index (χ1v) is 3.71. The van der Waals surface area contributed by atoms with Crippen LogP contribution in [0.25, 0.3) is 0 Å². The van der Waals surface area contributed by atoms with Crippen LogP contribution in [0.15, 0.2) is 0 Å². The molecule has 0 heterocycles. The van der Waals surface area contributed by atoms with Crippen LogP contribution in [0.2, 0.25) is 0 Å². The van der Waals surface area contributed by atoms with E-state index in [9.17, 15) is 4.79 Å². The van der Waals surface area contributed by atoms with Crippen molar-refractivity contribution in [3.8, 4) is 12.3 Å². The summed E-state index contributed by atoms with van der Waals surface area (Å²) in [5, 5.41) is 0. The summed E-state index contributed by atoms with van der Waals surface area (Å²) >= 11 is 0. The van der Waals surface area contributed by atoms with E-state index in [-0.39, 0.29) is 5.92 Å². The van der Waals surface area contributed by atoms with E-state index in [2.05, 4.69) is 10.7 Å². The van der Waals surface area contributed by atoms with Crippen LogP contribution in [-0.4, -0.2) is 18.9 Å². The fraction of sp³-hybridized carbons (Fsp3) is 0.667.